The second-order valence-corrected chi connectivity index (χ2v) is 6.10. The third-order valence-electron chi connectivity index (χ3n) is 4.15. The summed E-state index contributed by atoms with van der Waals surface area (Å²) < 4.78 is 2.18. The number of fused-ring (bicyclic) bond motifs is 3. The van der Waals surface area contributed by atoms with E-state index in [4.69, 9.17) is 11.6 Å². The van der Waals surface area contributed by atoms with Gasteiger partial charge in [0.15, 0.2) is 0 Å². The van der Waals surface area contributed by atoms with Crippen LogP contribution in [0.3, 0.4) is 0 Å². The summed E-state index contributed by atoms with van der Waals surface area (Å²) in [7, 11) is 0. The van der Waals surface area contributed by atoms with Gasteiger partial charge in [-0.05, 0) is 30.4 Å². The Bertz CT molecular complexity index is 666. The van der Waals surface area contributed by atoms with Crippen LogP contribution in [0.25, 0.3) is 11.0 Å². The number of nitrogens with zero attached hydrogens (tertiary/aromatic N) is 3. The molecule has 0 aliphatic carbocycles. The molecule has 3 rings (SSSR count). The van der Waals surface area contributed by atoms with Crippen LogP contribution < -0.4 is 0 Å². The second kappa shape index (κ2) is 4.54. The standard InChI is InChI=1S/C15H16ClN3/c1-9(2)14-5-13-4-10-3-12(16)7-18-15(10)19(13)8-11(14)6-17/h3-4,7,9,11,14H,5,8H2,1-2H3. The molecule has 2 aromatic rings. The average Bonchev–Trinajstić information content (AvgIpc) is 2.73. The van der Waals surface area contributed by atoms with Crippen molar-refractivity contribution in [2.45, 2.75) is 26.8 Å². The van der Waals surface area contributed by atoms with Crippen LogP contribution in [0.5, 0.6) is 0 Å². The molecule has 4 heteroatoms. The van der Waals surface area contributed by atoms with Gasteiger partial charge >= 0.3 is 0 Å². The van der Waals surface area contributed by atoms with Crippen LogP contribution in [0.1, 0.15) is 19.5 Å². The van der Waals surface area contributed by atoms with Gasteiger partial charge in [-0.25, -0.2) is 4.98 Å². The monoisotopic (exact) mass is 273 g/mol. The van der Waals surface area contributed by atoms with Crippen LogP contribution in [-0.4, -0.2) is 9.55 Å². The molecule has 19 heavy (non-hydrogen) atoms. The van der Waals surface area contributed by atoms with E-state index in [-0.39, 0.29) is 5.92 Å². The number of pyridine rings is 1. The topological polar surface area (TPSA) is 41.6 Å². The van der Waals surface area contributed by atoms with Crippen molar-refractivity contribution in [2.24, 2.45) is 17.8 Å². The Labute approximate surface area is 117 Å². The summed E-state index contributed by atoms with van der Waals surface area (Å²) in [6, 6.07) is 6.58. The zero-order valence-corrected chi connectivity index (χ0v) is 11.9. The Morgan fingerprint density at radius 3 is 2.95 bits per heavy atom. The van der Waals surface area contributed by atoms with Crippen LogP contribution >= 0.6 is 11.6 Å². The van der Waals surface area contributed by atoms with Gasteiger partial charge in [-0.3, -0.25) is 0 Å². The van der Waals surface area contributed by atoms with Gasteiger partial charge in [0.25, 0.3) is 0 Å². The lowest BCUT2D eigenvalue weighted by atomic mass is 9.79. The summed E-state index contributed by atoms with van der Waals surface area (Å²) in [5.41, 5.74) is 2.22. The van der Waals surface area contributed by atoms with Crippen molar-refractivity contribution in [3.63, 3.8) is 0 Å². The van der Waals surface area contributed by atoms with Crippen molar-refractivity contribution >= 4 is 22.6 Å². The van der Waals surface area contributed by atoms with Crippen LogP contribution in [0, 0.1) is 29.1 Å². The summed E-state index contributed by atoms with van der Waals surface area (Å²) in [5, 5.41) is 11.1. The van der Waals surface area contributed by atoms with Crippen LogP contribution in [0.4, 0.5) is 0 Å². The quantitative estimate of drug-likeness (QED) is 0.796. The number of hydrogen-bond donors (Lipinski definition) is 0. The Kier molecular flexibility index (Phi) is 2.99. The molecule has 2 atom stereocenters. The van der Waals surface area contributed by atoms with Gasteiger partial charge < -0.3 is 4.57 Å². The zero-order chi connectivity index (χ0) is 13.6. The van der Waals surface area contributed by atoms with E-state index >= 15 is 0 Å². The van der Waals surface area contributed by atoms with Gasteiger partial charge in [0.1, 0.15) is 5.65 Å². The van der Waals surface area contributed by atoms with Crippen molar-refractivity contribution in [1.29, 1.82) is 5.26 Å². The van der Waals surface area contributed by atoms with Crippen molar-refractivity contribution in [2.75, 3.05) is 0 Å². The van der Waals surface area contributed by atoms with Gasteiger partial charge in [-0.2, -0.15) is 5.26 Å². The molecule has 1 aliphatic rings. The molecule has 0 fully saturated rings. The number of rotatable bonds is 1. The van der Waals surface area contributed by atoms with Gasteiger partial charge in [0, 0.05) is 23.8 Å². The normalized spacial score (nSPS) is 22.5. The van der Waals surface area contributed by atoms with E-state index in [1.165, 1.54) is 5.69 Å². The largest absolute Gasteiger partial charge is 0.328 e. The van der Waals surface area contributed by atoms with Gasteiger partial charge in [-0.1, -0.05) is 25.4 Å². The predicted molar refractivity (Wildman–Crippen MR) is 75.9 cm³/mol. The molecule has 3 nitrogen and oxygen atoms in total. The van der Waals surface area contributed by atoms with Crippen LogP contribution in [0.15, 0.2) is 18.3 Å². The fourth-order valence-corrected chi connectivity index (χ4v) is 3.26. The molecule has 3 heterocycles. The third kappa shape index (κ3) is 2.01. The van der Waals surface area contributed by atoms with Gasteiger partial charge in [0.05, 0.1) is 17.0 Å². The number of nitriles is 1. The van der Waals surface area contributed by atoms with E-state index in [1.54, 1.807) is 6.20 Å². The Balaban J connectivity index is 2.11. The lowest BCUT2D eigenvalue weighted by molar-refractivity contribution is 0.245. The molecule has 0 aromatic carbocycles. The maximum absolute atomic E-state index is 9.38. The third-order valence-corrected chi connectivity index (χ3v) is 4.36. The summed E-state index contributed by atoms with van der Waals surface area (Å²) >= 11 is 5.99. The molecule has 2 aromatic heterocycles. The highest BCUT2D eigenvalue weighted by Gasteiger charge is 2.31. The van der Waals surface area contributed by atoms with Gasteiger partial charge in [-0.15, -0.1) is 0 Å². The summed E-state index contributed by atoms with van der Waals surface area (Å²) in [6.45, 7) is 5.14. The average molecular weight is 274 g/mol. The minimum atomic E-state index is 0.0700. The van der Waals surface area contributed by atoms with Crippen LogP contribution in [0.2, 0.25) is 5.02 Å². The highest BCUT2D eigenvalue weighted by Crippen LogP contribution is 2.34. The molecule has 98 valence electrons. The number of halogens is 1. The van der Waals surface area contributed by atoms with E-state index in [0.29, 0.717) is 16.9 Å². The number of hydrogen-bond acceptors (Lipinski definition) is 2. The number of aromatic nitrogens is 2. The molecule has 0 spiro atoms. The molecule has 0 N–H and O–H groups in total. The Morgan fingerprint density at radius 2 is 2.26 bits per heavy atom. The van der Waals surface area contributed by atoms with E-state index in [0.717, 1.165) is 24.0 Å². The molecule has 0 bridgehead atoms. The fraction of sp³-hybridized carbons (Fsp3) is 0.467. The molecule has 2 unspecified atom stereocenters. The first kappa shape index (κ1) is 12.5. The van der Waals surface area contributed by atoms with E-state index in [9.17, 15) is 5.26 Å². The molecule has 1 aliphatic heterocycles. The maximum Gasteiger partial charge on any atom is 0.140 e. The molecular formula is C15H16ClN3. The predicted octanol–water partition coefficient (Wildman–Crippen LogP) is 3.66. The lowest BCUT2D eigenvalue weighted by Crippen LogP contribution is -2.31. The summed E-state index contributed by atoms with van der Waals surface area (Å²) in [4.78, 5) is 4.41. The molecule has 0 saturated carbocycles. The minimum Gasteiger partial charge on any atom is -0.328 e. The van der Waals surface area contributed by atoms with E-state index < -0.39 is 0 Å². The first-order chi connectivity index (χ1) is 9.10. The summed E-state index contributed by atoms with van der Waals surface area (Å²) in [6.07, 6.45) is 2.62. The highest BCUT2D eigenvalue weighted by atomic mass is 35.5. The fourth-order valence-electron chi connectivity index (χ4n) is 3.10. The zero-order valence-electron chi connectivity index (χ0n) is 11.1. The first-order valence-corrected chi connectivity index (χ1v) is 7.01. The summed E-state index contributed by atoms with van der Waals surface area (Å²) in [5.74, 6) is 1.02. The van der Waals surface area contributed by atoms with Gasteiger partial charge in [0.2, 0.25) is 0 Å². The molecule has 0 amide bonds. The minimum absolute atomic E-state index is 0.0700. The smallest absolute Gasteiger partial charge is 0.140 e. The van der Waals surface area contributed by atoms with Crippen molar-refractivity contribution in [3.05, 3.63) is 29.0 Å². The van der Waals surface area contributed by atoms with Crippen molar-refractivity contribution < 1.29 is 0 Å². The molecular weight excluding hydrogens is 258 g/mol. The Hall–Kier alpha value is -1.53. The van der Waals surface area contributed by atoms with Crippen molar-refractivity contribution in [1.82, 2.24) is 9.55 Å². The SMILES string of the molecule is CC(C)C1Cc2cc3cc(Cl)cnc3n2CC1C#N. The van der Waals surface area contributed by atoms with Crippen molar-refractivity contribution in [3.8, 4) is 6.07 Å². The van der Waals surface area contributed by atoms with E-state index in [2.05, 4.69) is 35.5 Å². The second-order valence-electron chi connectivity index (χ2n) is 5.66. The Morgan fingerprint density at radius 1 is 1.47 bits per heavy atom. The van der Waals surface area contributed by atoms with E-state index in [1.807, 2.05) is 6.07 Å². The molecule has 0 saturated heterocycles. The molecule has 0 radical (unpaired) electrons. The highest BCUT2D eigenvalue weighted by molar-refractivity contribution is 6.31. The first-order valence-electron chi connectivity index (χ1n) is 6.63. The van der Waals surface area contributed by atoms with Crippen LogP contribution in [-0.2, 0) is 13.0 Å². The maximum atomic E-state index is 9.38. The lowest BCUT2D eigenvalue weighted by Gasteiger charge is -2.31.